The van der Waals surface area contributed by atoms with Crippen molar-refractivity contribution in [1.82, 2.24) is 15.0 Å². The van der Waals surface area contributed by atoms with E-state index in [2.05, 4.69) is 15.5 Å². The number of anilines is 1. The third-order valence-electron chi connectivity index (χ3n) is 3.25. The second-order valence-electron chi connectivity index (χ2n) is 4.88. The van der Waals surface area contributed by atoms with Crippen LogP contribution in [0.3, 0.4) is 0 Å². The van der Waals surface area contributed by atoms with Crippen LogP contribution in [0.15, 0.2) is 72.4 Å². The molecule has 0 radical (unpaired) electrons. The Morgan fingerprint density at radius 2 is 1.87 bits per heavy atom. The highest BCUT2D eigenvalue weighted by atomic mass is 16.2. The Morgan fingerprint density at radius 1 is 1.13 bits per heavy atom. The van der Waals surface area contributed by atoms with Gasteiger partial charge in [0.25, 0.3) is 5.91 Å². The number of nitrogens with zero attached hydrogens (tertiary/aromatic N) is 3. The molecule has 0 aliphatic carbocycles. The number of nitrogens with one attached hydrogen (secondary N) is 1. The molecule has 23 heavy (non-hydrogen) atoms. The number of amides is 1. The van der Waals surface area contributed by atoms with E-state index >= 15 is 0 Å². The molecule has 0 unspecified atom stereocenters. The van der Waals surface area contributed by atoms with Gasteiger partial charge in [-0.1, -0.05) is 12.1 Å². The van der Waals surface area contributed by atoms with E-state index in [-0.39, 0.29) is 5.91 Å². The number of benzene rings is 2. The van der Waals surface area contributed by atoms with Gasteiger partial charge in [0.2, 0.25) is 0 Å². The normalized spacial score (nSPS) is 10.8. The Labute approximate surface area is 133 Å². The van der Waals surface area contributed by atoms with Crippen LogP contribution >= 0.6 is 0 Å². The molecule has 3 N–H and O–H groups in total. The van der Waals surface area contributed by atoms with Crippen molar-refractivity contribution in [2.45, 2.75) is 0 Å². The Kier molecular flexibility index (Phi) is 4.15. The average molecular weight is 305 g/mol. The van der Waals surface area contributed by atoms with Crippen molar-refractivity contribution in [2.75, 3.05) is 5.73 Å². The number of aromatic nitrogens is 2. The van der Waals surface area contributed by atoms with E-state index in [1.165, 1.54) is 0 Å². The molecule has 0 fully saturated rings. The topological polar surface area (TPSA) is 85.3 Å². The number of carbonyl (C=O) groups is 1. The number of hydrogen-bond donors (Lipinski definition) is 2. The van der Waals surface area contributed by atoms with Crippen LogP contribution < -0.4 is 11.2 Å². The van der Waals surface area contributed by atoms with E-state index in [1.807, 2.05) is 35.0 Å². The summed E-state index contributed by atoms with van der Waals surface area (Å²) in [6.07, 6.45) is 6.92. The van der Waals surface area contributed by atoms with Crippen molar-refractivity contribution in [1.29, 1.82) is 0 Å². The predicted molar refractivity (Wildman–Crippen MR) is 89.5 cm³/mol. The van der Waals surface area contributed by atoms with Gasteiger partial charge in [0, 0.05) is 29.3 Å². The molecule has 2 aromatic carbocycles. The maximum atomic E-state index is 11.9. The number of imidazole rings is 1. The zero-order valence-corrected chi connectivity index (χ0v) is 12.3. The van der Waals surface area contributed by atoms with Gasteiger partial charge in [-0.2, -0.15) is 5.10 Å². The molecule has 6 nitrogen and oxygen atoms in total. The second kappa shape index (κ2) is 6.57. The minimum atomic E-state index is -0.281. The first-order valence-corrected chi connectivity index (χ1v) is 7.00. The molecular formula is C17H15N5O. The predicted octanol–water partition coefficient (Wildman–Crippen LogP) is 2.22. The summed E-state index contributed by atoms with van der Waals surface area (Å²) >= 11 is 0. The lowest BCUT2D eigenvalue weighted by molar-refractivity contribution is 0.0955. The van der Waals surface area contributed by atoms with Crippen LogP contribution in [0, 0.1) is 0 Å². The molecule has 0 spiro atoms. The highest BCUT2D eigenvalue weighted by Gasteiger charge is 2.02. The molecule has 0 aliphatic rings. The summed E-state index contributed by atoms with van der Waals surface area (Å²) in [5.41, 5.74) is 11.1. The molecule has 0 aliphatic heterocycles. The number of rotatable bonds is 4. The van der Waals surface area contributed by atoms with Gasteiger partial charge in [-0.15, -0.1) is 0 Å². The molecule has 0 saturated heterocycles. The third-order valence-corrected chi connectivity index (χ3v) is 3.25. The summed E-state index contributed by atoms with van der Waals surface area (Å²) in [5.74, 6) is -0.281. The molecule has 1 amide bonds. The van der Waals surface area contributed by atoms with Crippen molar-refractivity contribution in [2.24, 2.45) is 5.10 Å². The fraction of sp³-hybridized carbons (Fsp3) is 0. The minimum absolute atomic E-state index is 0.281. The van der Waals surface area contributed by atoms with Gasteiger partial charge in [-0.25, -0.2) is 10.4 Å². The summed E-state index contributed by atoms with van der Waals surface area (Å²) in [4.78, 5) is 15.9. The molecule has 114 valence electrons. The largest absolute Gasteiger partial charge is 0.399 e. The zero-order valence-electron chi connectivity index (χ0n) is 12.3. The van der Waals surface area contributed by atoms with Gasteiger partial charge in [-0.05, 0) is 42.0 Å². The van der Waals surface area contributed by atoms with Gasteiger partial charge in [-0.3, -0.25) is 4.79 Å². The van der Waals surface area contributed by atoms with Crippen LogP contribution in [0.25, 0.3) is 5.69 Å². The van der Waals surface area contributed by atoms with Crippen LogP contribution in [0.4, 0.5) is 5.69 Å². The van der Waals surface area contributed by atoms with Crippen molar-refractivity contribution in [3.8, 4) is 5.69 Å². The lowest BCUT2D eigenvalue weighted by atomic mass is 10.2. The van der Waals surface area contributed by atoms with Gasteiger partial charge < -0.3 is 10.3 Å². The lowest BCUT2D eigenvalue weighted by Gasteiger charge is -2.02. The monoisotopic (exact) mass is 305 g/mol. The fourth-order valence-electron chi connectivity index (χ4n) is 2.01. The van der Waals surface area contributed by atoms with Gasteiger partial charge in [0.05, 0.1) is 12.5 Å². The molecule has 0 saturated carbocycles. The molecular weight excluding hydrogens is 290 g/mol. The van der Waals surface area contributed by atoms with E-state index in [0.29, 0.717) is 11.3 Å². The van der Waals surface area contributed by atoms with E-state index < -0.39 is 0 Å². The third kappa shape index (κ3) is 3.62. The van der Waals surface area contributed by atoms with E-state index in [9.17, 15) is 4.79 Å². The van der Waals surface area contributed by atoms with Crippen molar-refractivity contribution in [3.05, 3.63) is 78.4 Å². The summed E-state index contributed by atoms with van der Waals surface area (Å²) in [5, 5.41) is 3.96. The first kappa shape index (κ1) is 14.5. The highest BCUT2D eigenvalue weighted by Crippen LogP contribution is 2.08. The smallest absolute Gasteiger partial charge is 0.271 e. The first-order chi connectivity index (χ1) is 11.2. The summed E-state index contributed by atoms with van der Waals surface area (Å²) in [6, 6.07) is 14.4. The SMILES string of the molecule is Nc1ccc(C(=O)N/N=C/c2ccc(-n3ccnc3)cc2)cc1. The molecule has 3 aromatic rings. The first-order valence-electron chi connectivity index (χ1n) is 7.00. The van der Waals surface area contributed by atoms with Crippen LogP contribution in [0.2, 0.25) is 0 Å². The van der Waals surface area contributed by atoms with Gasteiger partial charge in [0.15, 0.2) is 0 Å². The zero-order chi connectivity index (χ0) is 16.1. The van der Waals surface area contributed by atoms with Crippen molar-refractivity contribution in [3.63, 3.8) is 0 Å². The Morgan fingerprint density at radius 3 is 2.52 bits per heavy atom. The Bertz CT molecular complexity index is 805. The maximum Gasteiger partial charge on any atom is 0.271 e. The highest BCUT2D eigenvalue weighted by molar-refractivity contribution is 5.95. The molecule has 3 rings (SSSR count). The summed E-state index contributed by atoms with van der Waals surface area (Å²) in [6.45, 7) is 0. The lowest BCUT2D eigenvalue weighted by Crippen LogP contribution is -2.17. The number of hydrazone groups is 1. The van der Waals surface area contributed by atoms with E-state index in [0.717, 1.165) is 11.3 Å². The van der Waals surface area contributed by atoms with Crippen molar-refractivity contribution >= 4 is 17.8 Å². The van der Waals surface area contributed by atoms with Crippen LogP contribution in [-0.2, 0) is 0 Å². The second-order valence-corrected chi connectivity index (χ2v) is 4.88. The Hall–Kier alpha value is -3.41. The van der Waals surface area contributed by atoms with Crippen LogP contribution in [0.5, 0.6) is 0 Å². The minimum Gasteiger partial charge on any atom is -0.399 e. The molecule has 6 heteroatoms. The summed E-state index contributed by atoms with van der Waals surface area (Å²) < 4.78 is 1.91. The van der Waals surface area contributed by atoms with Gasteiger partial charge in [0.1, 0.15) is 0 Å². The number of nitrogen functional groups attached to an aromatic ring is 1. The van der Waals surface area contributed by atoms with Crippen LogP contribution in [-0.4, -0.2) is 21.7 Å². The maximum absolute atomic E-state index is 11.9. The molecule has 1 aromatic heterocycles. The Balaban J connectivity index is 1.61. The number of nitrogens with two attached hydrogens (primary N) is 1. The summed E-state index contributed by atoms with van der Waals surface area (Å²) in [7, 11) is 0. The quantitative estimate of drug-likeness (QED) is 0.440. The van der Waals surface area contributed by atoms with E-state index in [1.54, 1.807) is 43.0 Å². The fourth-order valence-corrected chi connectivity index (χ4v) is 2.01. The average Bonchev–Trinajstić information content (AvgIpc) is 3.10. The van der Waals surface area contributed by atoms with E-state index in [4.69, 9.17) is 5.73 Å². The van der Waals surface area contributed by atoms with Crippen molar-refractivity contribution < 1.29 is 4.79 Å². The number of hydrogen-bond acceptors (Lipinski definition) is 4. The van der Waals surface area contributed by atoms with Gasteiger partial charge >= 0.3 is 0 Å². The molecule has 0 atom stereocenters. The molecule has 1 heterocycles. The molecule has 0 bridgehead atoms. The standard InChI is InChI=1S/C17H15N5O/c18-15-5-3-14(4-6-15)17(23)21-20-11-13-1-7-16(8-2-13)22-10-9-19-12-22/h1-12H,18H2,(H,21,23)/b20-11+. The number of carbonyl (C=O) groups excluding carboxylic acids is 1. The van der Waals surface area contributed by atoms with Crippen LogP contribution in [0.1, 0.15) is 15.9 Å².